The molecule has 2 aliphatic heterocycles. The lowest BCUT2D eigenvalue weighted by Crippen LogP contribution is -2.65. The minimum Gasteiger partial charge on any atom is -0.374 e. The normalized spacial score (nSPS) is 25.6. The quantitative estimate of drug-likeness (QED) is 0.0657. The van der Waals surface area contributed by atoms with Crippen molar-refractivity contribution in [2.45, 2.75) is 108 Å². The predicted molar refractivity (Wildman–Crippen MR) is 246 cm³/mol. The van der Waals surface area contributed by atoms with Crippen molar-refractivity contribution in [3.63, 3.8) is 0 Å². The zero-order chi connectivity index (χ0) is 44.5. The maximum Gasteiger partial charge on any atom is 0.187 e. The Kier molecular flexibility index (Phi) is 17.5. The average molecular weight is 881 g/mol. The van der Waals surface area contributed by atoms with Crippen molar-refractivity contribution in [1.29, 1.82) is 0 Å². The molecule has 2 fully saturated rings. The molecule has 0 bridgehead atoms. The molecule has 0 radical (unpaired) electrons. The third-order valence-corrected chi connectivity index (χ3v) is 11.7. The van der Waals surface area contributed by atoms with E-state index in [1.165, 1.54) is 0 Å². The van der Waals surface area contributed by atoms with Crippen LogP contribution in [-0.2, 0) is 87.0 Å². The third kappa shape index (κ3) is 13.3. The maximum atomic E-state index is 7.23. The van der Waals surface area contributed by atoms with E-state index >= 15 is 0 Å². The maximum absolute atomic E-state index is 7.23. The van der Waals surface area contributed by atoms with Gasteiger partial charge in [0.2, 0.25) is 0 Å². The predicted octanol–water partition coefficient (Wildman–Crippen LogP) is 9.63. The van der Waals surface area contributed by atoms with Crippen molar-refractivity contribution >= 4 is 0 Å². The molecule has 0 amide bonds. The van der Waals surface area contributed by atoms with Gasteiger partial charge >= 0.3 is 0 Å². The van der Waals surface area contributed by atoms with E-state index < -0.39 is 61.4 Å². The van der Waals surface area contributed by atoms with Crippen molar-refractivity contribution in [2.75, 3.05) is 13.7 Å². The highest BCUT2D eigenvalue weighted by Gasteiger charge is 2.54. The SMILES string of the molecule is CO[C@@H]1O[C@H](COCc2ccccc2)[C@@H](OCc2ccccc2)[C@H](OCc2ccccc2)[C@H]1O[C@@H]1O[C@@H](C)[C@@H](OCc2ccccc2)[C@@H](OCc2ccccc2)[C@@H]1OCc1ccccc1. The van der Waals surface area contributed by atoms with Crippen molar-refractivity contribution in [1.82, 2.24) is 0 Å². The van der Waals surface area contributed by atoms with Crippen LogP contribution in [0.25, 0.3) is 0 Å². The molecule has 10 heteroatoms. The van der Waals surface area contributed by atoms with Gasteiger partial charge in [0.1, 0.15) is 42.7 Å². The lowest BCUT2D eigenvalue weighted by Gasteiger charge is -2.49. The monoisotopic (exact) mass is 880 g/mol. The number of ether oxygens (including phenoxy) is 10. The van der Waals surface area contributed by atoms with Crippen molar-refractivity contribution in [3.8, 4) is 0 Å². The van der Waals surface area contributed by atoms with Gasteiger partial charge < -0.3 is 47.4 Å². The first kappa shape index (κ1) is 46.4. The van der Waals surface area contributed by atoms with E-state index in [-0.39, 0.29) is 19.8 Å². The van der Waals surface area contributed by atoms with Gasteiger partial charge in [0.05, 0.1) is 52.4 Å². The molecule has 0 N–H and O–H groups in total. The van der Waals surface area contributed by atoms with Crippen molar-refractivity contribution in [3.05, 3.63) is 215 Å². The van der Waals surface area contributed by atoms with E-state index in [1.54, 1.807) is 7.11 Å². The number of hydrogen-bond donors (Lipinski definition) is 0. The molecule has 2 heterocycles. The molecule has 0 unspecified atom stereocenters. The Balaban J connectivity index is 1.13. The van der Waals surface area contributed by atoms with E-state index in [0.29, 0.717) is 26.4 Å². The van der Waals surface area contributed by atoms with Crippen LogP contribution < -0.4 is 0 Å². The highest BCUT2D eigenvalue weighted by atomic mass is 16.8. The Labute approximate surface area is 383 Å². The van der Waals surface area contributed by atoms with Gasteiger partial charge in [-0.2, -0.15) is 0 Å². The summed E-state index contributed by atoms with van der Waals surface area (Å²) >= 11 is 0. The third-order valence-electron chi connectivity index (χ3n) is 11.7. The Bertz CT molecular complexity index is 2200. The van der Waals surface area contributed by atoms with Gasteiger partial charge in [-0.1, -0.05) is 182 Å². The minimum absolute atomic E-state index is 0.210. The van der Waals surface area contributed by atoms with E-state index in [9.17, 15) is 0 Å². The molecule has 6 aromatic rings. The summed E-state index contributed by atoms with van der Waals surface area (Å²) in [6.45, 7) is 4.11. The van der Waals surface area contributed by atoms with E-state index in [2.05, 4.69) is 0 Å². The summed E-state index contributed by atoms with van der Waals surface area (Å²) in [6, 6.07) is 60.4. The van der Waals surface area contributed by atoms with Crippen LogP contribution in [0.4, 0.5) is 0 Å². The van der Waals surface area contributed by atoms with Gasteiger partial charge in [-0.05, 0) is 40.3 Å². The summed E-state index contributed by atoms with van der Waals surface area (Å²) in [5, 5.41) is 0. The summed E-state index contributed by atoms with van der Waals surface area (Å²) in [5.41, 5.74) is 6.08. The van der Waals surface area contributed by atoms with Crippen molar-refractivity contribution < 1.29 is 47.4 Å². The Morgan fingerprint density at radius 1 is 0.354 bits per heavy atom. The fraction of sp³-hybridized carbons (Fsp3) is 0.345. The molecule has 340 valence electrons. The molecule has 0 spiro atoms. The molecule has 2 saturated heterocycles. The zero-order valence-electron chi connectivity index (χ0n) is 37.1. The van der Waals surface area contributed by atoms with Crippen LogP contribution in [-0.4, -0.2) is 75.1 Å². The number of hydrogen-bond acceptors (Lipinski definition) is 10. The molecule has 8 rings (SSSR count). The molecular formula is C55H60O10. The number of benzene rings is 6. The molecule has 2 aliphatic rings. The Hall–Kier alpha value is -5.08. The second-order valence-corrected chi connectivity index (χ2v) is 16.4. The smallest absolute Gasteiger partial charge is 0.187 e. The second-order valence-electron chi connectivity index (χ2n) is 16.4. The van der Waals surface area contributed by atoms with Gasteiger partial charge in [-0.25, -0.2) is 0 Å². The fourth-order valence-corrected chi connectivity index (χ4v) is 8.27. The lowest BCUT2D eigenvalue weighted by molar-refractivity contribution is -0.378. The van der Waals surface area contributed by atoms with Crippen molar-refractivity contribution in [2.24, 2.45) is 0 Å². The highest BCUT2D eigenvalue weighted by Crippen LogP contribution is 2.36. The van der Waals surface area contributed by atoms with Crippen LogP contribution in [0.1, 0.15) is 40.3 Å². The zero-order valence-corrected chi connectivity index (χ0v) is 37.1. The minimum atomic E-state index is -0.985. The van der Waals surface area contributed by atoms with Crippen LogP contribution in [0, 0.1) is 0 Å². The Morgan fingerprint density at radius 2 is 0.692 bits per heavy atom. The summed E-state index contributed by atoms with van der Waals surface area (Å²) in [6.07, 6.45) is -7.18. The first-order valence-electron chi connectivity index (χ1n) is 22.5. The van der Waals surface area contributed by atoms with E-state index in [1.807, 2.05) is 189 Å². The van der Waals surface area contributed by atoms with E-state index in [4.69, 9.17) is 47.4 Å². The van der Waals surface area contributed by atoms with Gasteiger partial charge in [0.15, 0.2) is 12.6 Å². The molecule has 0 aliphatic carbocycles. The molecule has 10 nitrogen and oxygen atoms in total. The fourth-order valence-electron chi connectivity index (χ4n) is 8.27. The van der Waals surface area contributed by atoms with Crippen LogP contribution in [0.5, 0.6) is 0 Å². The van der Waals surface area contributed by atoms with Gasteiger partial charge in [0, 0.05) is 7.11 Å². The molecule has 65 heavy (non-hydrogen) atoms. The topological polar surface area (TPSA) is 92.3 Å². The lowest BCUT2D eigenvalue weighted by atomic mass is 9.96. The number of rotatable bonds is 22. The first-order chi connectivity index (χ1) is 32.1. The molecule has 0 aromatic heterocycles. The molecular weight excluding hydrogens is 821 g/mol. The Morgan fingerprint density at radius 3 is 1.09 bits per heavy atom. The van der Waals surface area contributed by atoms with Crippen LogP contribution in [0.3, 0.4) is 0 Å². The van der Waals surface area contributed by atoms with Gasteiger partial charge in [0.25, 0.3) is 0 Å². The van der Waals surface area contributed by atoms with Gasteiger partial charge in [-0.15, -0.1) is 0 Å². The number of methoxy groups -OCH3 is 1. The summed E-state index contributed by atoms with van der Waals surface area (Å²) in [7, 11) is 1.61. The summed E-state index contributed by atoms with van der Waals surface area (Å²) in [5.74, 6) is 0. The van der Waals surface area contributed by atoms with Gasteiger partial charge in [-0.3, -0.25) is 0 Å². The standard InChI is InChI=1S/C55H60O10/c1-40-48(58-34-42-23-11-4-12-24-42)50(60-36-44-27-15-6-16-28-44)52(62-38-46-31-19-8-20-32-46)55(63-40)65-53-51(61-37-45-29-17-7-18-30-45)49(59-35-43-25-13-5-14-26-43)47(64-54(53)56-2)39-57-33-41-21-9-3-10-22-41/h3-32,40,47-55H,33-39H2,1-2H3/t40-,47+,48+,49+,50+,51-,52-,53+,54+,55-/m0/s1. The second kappa shape index (κ2) is 24.4. The first-order valence-corrected chi connectivity index (χ1v) is 22.5. The largest absolute Gasteiger partial charge is 0.374 e. The van der Waals surface area contributed by atoms with Crippen LogP contribution >= 0.6 is 0 Å². The summed E-state index contributed by atoms with van der Waals surface area (Å²) in [4.78, 5) is 0. The molecule has 6 aromatic carbocycles. The molecule has 0 saturated carbocycles. The molecule has 10 atom stereocenters. The average Bonchev–Trinajstić information content (AvgIpc) is 3.36. The van der Waals surface area contributed by atoms with Crippen LogP contribution in [0.15, 0.2) is 182 Å². The highest BCUT2D eigenvalue weighted by molar-refractivity contribution is 5.18. The van der Waals surface area contributed by atoms with E-state index in [0.717, 1.165) is 33.4 Å². The van der Waals surface area contributed by atoms with Crippen LogP contribution in [0.2, 0.25) is 0 Å². The summed E-state index contributed by atoms with van der Waals surface area (Å²) < 4.78 is 67.8.